The van der Waals surface area contributed by atoms with Gasteiger partial charge in [0.1, 0.15) is 11.8 Å². The fourth-order valence-electron chi connectivity index (χ4n) is 3.00. The largest absolute Gasteiger partial charge is 0.480 e. The van der Waals surface area contributed by atoms with Crippen LogP contribution in [0.5, 0.6) is 0 Å². The van der Waals surface area contributed by atoms with Gasteiger partial charge in [-0.3, -0.25) is 5.32 Å². The summed E-state index contributed by atoms with van der Waals surface area (Å²) in [4.78, 5) is 23.7. The van der Waals surface area contributed by atoms with Crippen LogP contribution in [0.4, 0.5) is 0 Å². The molecule has 0 aromatic heterocycles. The molecule has 2 aromatic carbocycles. The summed E-state index contributed by atoms with van der Waals surface area (Å²) < 4.78 is 5.70. The van der Waals surface area contributed by atoms with Crippen LogP contribution in [0.1, 0.15) is 44.0 Å². The molecule has 144 valence electrons. The topological polar surface area (TPSA) is 95.9 Å². The number of hydrogen-bond acceptors (Lipinski definition) is 4. The monoisotopic (exact) mass is 371 g/mol. The van der Waals surface area contributed by atoms with E-state index in [-0.39, 0.29) is 0 Å². The second kappa shape index (κ2) is 9.30. The Balaban J connectivity index is 2.48. The van der Waals surface area contributed by atoms with Gasteiger partial charge in [0.15, 0.2) is 6.10 Å². The average molecular weight is 371 g/mol. The van der Waals surface area contributed by atoms with Gasteiger partial charge in [-0.1, -0.05) is 74.0 Å². The summed E-state index contributed by atoms with van der Waals surface area (Å²) in [7, 11) is 0. The maximum atomic E-state index is 12.4. The van der Waals surface area contributed by atoms with Gasteiger partial charge in [-0.15, -0.1) is 0 Å². The molecule has 0 saturated heterocycles. The average Bonchev–Trinajstić information content (AvgIpc) is 2.67. The van der Waals surface area contributed by atoms with Crippen LogP contribution in [0.2, 0.25) is 0 Å². The third kappa shape index (κ3) is 4.93. The molecule has 2 rings (SSSR count). The molecule has 0 heterocycles. The Morgan fingerprint density at radius 1 is 1.04 bits per heavy atom. The highest BCUT2D eigenvalue weighted by molar-refractivity contribution is 5.81. The first-order valence-electron chi connectivity index (χ1n) is 8.90. The van der Waals surface area contributed by atoms with Crippen molar-refractivity contribution in [2.75, 3.05) is 0 Å². The molecular weight excluding hydrogens is 346 g/mol. The summed E-state index contributed by atoms with van der Waals surface area (Å²) >= 11 is 0. The van der Waals surface area contributed by atoms with Crippen LogP contribution in [0, 0.1) is 0 Å². The van der Waals surface area contributed by atoms with Gasteiger partial charge in [0.25, 0.3) is 0 Å². The van der Waals surface area contributed by atoms with E-state index in [2.05, 4.69) is 5.32 Å². The van der Waals surface area contributed by atoms with Crippen molar-refractivity contribution >= 4 is 11.9 Å². The van der Waals surface area contributed by atoms with Gasteiger partial charge < -0.3 is 14.9 Å². The Kier molecular flexibility index (Phi) is 7.10. The minimum Gasteiger partial charge on any atom is -0.480 e. The van der Waals surface area contributed by atoms with Crippen LogP contribution in [0.3, 0.4) is 0 Å². The zero-order chi connectivity index (χ0) is 19.9. The van der Waals surface area contributed by atoms with Gasteiger partial charge in [-0.2, -0.15) is 0 Å². The van der Waals surface area contributed by atoms with Gasteiger partial charge >= 0.3 is 11.9 Å². The predicted octanol–water partition coefficient (Wildman–Crippen LogP) is 3.54. The van der Waals surface area contributed by atoms with Crippen LogP contribution in [-0.2, 0) is 19.9 Å². The first-order valence-corrected chi connectivity index (χ1v) is 8.90. The van der Waals surface area contributed by atoms with Crippen molar-refractivity contribution in [1.29, 1.82) is 0 Å². The Morgan fingerprint density at radius 3 is 2.07 bits per heavy atom. The molecule has 6 nitrogen and oxygen atoms in total. The van der Waals surface area contributed by atoms with E-state index < -0.39 is 29.8 Å². The molecule has 0 radical (unpaired) electrons. The van der Waals surface area contributed by atoms with Crippen molar-refractivity contribution in [3.05, 3.63) is 71.8 Å². The number of nitrogens with one attached hydrogen (secondary N) is 1. The van der Waals surface area contributed by atoms with Gasteiger partial charge in [0.05, 0.1) is 0 Å². The Hall–Kier alpha value is -2.70. The fraction of sp³-hybridized carbons (Fsp3) is 0.333. The summed E-state index contributed by atoms with van der Waals surface area (Å²) in [6.45, 7) is 3.32. The second-order valence-electron chi connectivity index (χ2n) is 6.38. The predicted molar refractivity (Wildman–Crippen MR) is 101 cm³/mol. The lowest BCUT2D eigenvalue weighted by molar-refractivity contribution is -0.159. The molecule has 1 unspecified atom stereocenters. The van der Waals surface area contributed by atoms with Gasteiger partial charge in [0.2, 0.25) is 0 Å². The van der Waals surface area contributed by atoms with Gasteiger partial charge in [-0.25, -0.2) is 9.59 Å². The molecule has 27 heavy (non-hydrogen) atoms. The van der Waals surface area contributed by atoms with Crippen molar-refractivity contribution in [1.82, 2.24) is 5.32 Å². The van der Waals surface area contributed by atoms with Crippen molar-refractivity contribution in [2.45, 2.75) is 44.6 Å². The number of aliphatic carboxylic acids is 2. The molecule has 0 fully saturated rings. The smallest absolute Gasteiger partial charge is 0.332 e. The molecule has 0 amide bonds. The van der Waals surface area contributed by atoms with Gasteiger partial charge in [-0.05, 0) is 24.5 Å². The highest BCUT2D eigenvalue weighted by Gasteiger charge is 2.42. The molecule has 0 bridgehead atoms. The van der Waals surface area contributed by atoms with E-state index in [0.717, 1.165) is 0 Å². The van der Waals surface area contributed by atoms with E-state index in [1.807, 2.05) is 19.1 Å². The maximum Gasteiger partial charge on any atom is 0.332 e. The van der Waals surface area contributed by atoms with E-state index in [1.165, 1.54) is 6.92 Å². The Labute approximate surface area is 158 Å². The van der Waals surface area contributed by atoms with E-state index in [0.29, 0.717) is 24.0 Å². The number of carboxylic acids is 2. The van der Waals surface area contributed by atoms with Crippen LogP contribution in [0.25, 0.3) is 0 Å². The molecule has 0 spiro atoms. The Morgan fingerprint density at radius 2 is 1.59 bits per heavy atom. The Bertz CT molecular complexity index is 750. The van der Waals surface area contributed by atoms with Crippen LogP contribution >= 0.6 is 0 Å². The van der Waals surface area contributed by atoms with Crippen LogP contribution in [-0.4, -0.2) is 28.3 Å². The minimum absolute atomic E-state index is 0.320. The molecule has 0 saturated carbocycles. The highest BCUT2D eigenvalue weighted by atomic mass is 16.5. The minimum atomic E-state index is -1.41. The molecule has 0 aliphatic rings. The standard InChI is InChI=1S/C21H25NO5/c1-3-14-21(20(25)26,17-12-8-5-9-13-17)22-18(27-15(2)19(23)24)16-10-6-4-7-11-16/h4-13,15,18,22H,3,14H2,1-2H3,(H,23,24)(H,25,26)/t15-,18?,21+/m1/s1. The van der Waals surface area contributed by atoms with Crippen molar-refractivity contribution in [3.63, 3.8) is 0 Å². The van der Waals surface area contributed by atoms with E-state index in [9.17, 15) is 19.8 Å². The molecule has 0 aliphatic carbocycles. The normalized spacial score (nSPS) is 15.5. The lowest BCUT2D eigenvalue weighted by Crippen LogP contribution is -2.51. The quantitative estimate of drug-likeness (QED) is 0.553. The van der Waals surface area contributed by atoms with E-state index >= 15 is 0 Å². The molecule has 2 aromatic rings. The number of hydrogen-bond donors (Lipinski definition) is 3. The van der Waals surface area contributed by atoms with E-state index in [4.69, 9.17) is 4.74 Å². The van der Waals surface area contributed by atoms with Crippen LogP contribution < -0.4 is 5.32 Å². The third-order valence-electron chi connectivity index (χ3n) is 4.42. The molecular formula is C21H25NO5. The first-order chi connectivity index (χ1) is 12.9. The zero-order valence-electron chi connectivity index (χ0n) is 15.5. The number of benzene rings is 2. The second-order valence-corrected chi connectivity index (χ2v) is 6.38. The SMILES string of the molecule is CCC[C@@](NC(O[C@H](C)C(=O)O)c1ccccc1)(C(=O)O)c1ccccc1. The van der Waals surface area contributed by atoms with Crippen molar-refractivity contribution < 1.29 is 24.5 Å². The lowest BCUT2D eigenvalue weighted by atomic mass is 9.85. The third-order valence-corrected chi connectivity index (χ3v) is 4.42. The van der Waals surface area contributed by atoms with E-state index in [1.54, 1.807) is 48.5 Å². The number of carbonyl (C=O) groups is 2. The summed E-state index contributed by atoms with van der Waals surface area (Å²) in [5, 5.41) is 22.5. The lowest BCUT2D eigenvalue weighted by Gasteiger charge is -2.36. The number of carboxylic acid groups (broad SMARTS) is 2. The highest BCUT2D eigenvalue weighted by Crippen LogP contribution is 2.32. The van der Waals surface area contributed by atoms with Crippen LogP contribution in [0.15, 0.2) is 60.7 Å². The summed E-state index contributed by atoms with van der Waals surface area (Å²) in [6, 6.07) is 17.8. The fourth-order valence-corrected chi connectivity index (χ4v) is 3.00. The summed E-state index contributed by atoms with van der Waals surface area (Å²) in [6.07, 6.45) is -1.07. The number of ether oxygens (including phenoxy) is 1. The van der Waals surface area contributed by atoms with Crippen molar-refractivity contribution in [3.8, 4) is 0 Å². The number of rotatable bonds is 10. The summed E-state index contributed by atoms with van der Waals surface area (Å²) in [5.41, 5.74) is -0.163. The molecule has 6 heteroatoms. The molecule has 0 aliphatic heterocycles. The molecule has 3 N–H and O–H groups in total. The first kappa shape index (κ1) is 20.6. The maximum absolute atomic E-state index is 12.4. The van der Waals surface area contributed by atoms with Crippen molar-refractivity contribution in [2.24, 2.45) is 0 Å². The van der Waals surface area contributed by atoms with Gasteiger partial charge in [0, 0.05) is 0 Å². The molecule has 3 atom stereocenters. The zero-order valence-corrected chi connectivity index (χ0v) is 15.5. The summed E-state index contributed by atoms with van der Waals surface area (Å²) in [5.74, 6) is -2.16.